The van der Waals surface area contributed by atoms with E-state index in [4.69, 9.17) is 15.0 Å². The summed E-state index contributed by atoms with van der Waals surface area (Å²) in [5.41, 5.74) is -1.50. The van der Waals surface area contributed by atoms with Gasteiger partial charge in [-0.1, -0.05) is 48.0 Å². The second-order valence-electron chi connectivity index (χ2n) is 10.4. The first-order valence-electron chi connectivity index (χ1n) is 13.8. The van der Waals surface area contributed by atoms with Gasteiger partial charge >= 0.3 is 5.97 Å². The lowest BCUT2D eigenvalue weighted by Gasteiger charge is -2.52. The van der Waals surface area contributed by atoms with Crippen LogP contribution in [0.5, 0.6) is 0 Å². The van der Waals surface area contributed by atoms with Crippen LogP contribution >= 0.6 is 0 Å². The molecule has 0 spiro atoms. The van der Waals surface area contributed by atoms with Crippen LogP contribution in [0.15, 0.2) is 11.6 Å². The summed E-state index contributed by atoms with van der Waals surface area (Å²) >= 11 is 0. The van der Waals surface area contributed by atoms with E-state index in [2.05, 4.69) is 45.3 Å². The van der Waals surface area contributed by atoms with Gasteiger partial charge in [-0.05, 0) is 65.4 Å². The maximum absolute atomic E-state index is 13.1. The number of likely N-dealkylation sites (N-methyl/N-ethyl adjacent to an activating group) is 1. The van der Waals surface area contributed by atoms with Gasteiger partial charge in [-0.25, -0.2) is 4.79 Å². The number of hydrogen-bond donors (Lipinski definition) is 2. The smallest absolute Gasteiger partial charge is 0.334 e. The van der Waals surface area contributed by atoms with E-state index in [1.807, 2.05) is 20.8 Å². The van der Waals surface area contributed by atoms with Crippen LogP contribution in [0, 0.1) is 11.3 Å². The van der Waals surface area contributed by atoms with Crippen molar-refractivity contribution in [2.75, 3.05) is 7.05 Å². The summed E-state index contributed by atoms with van der Waals surface area (Å²) in [6, 6.07) is -0.418. The minimum absolute atomic E-state index is 0.140. The number of nitrogens with one attached hydrogen (secondary N) is 2. The first-order valence-corrected chi connectivity index (χ1v) is 11.8. The number of carbonyl (C=O) groups excluding carboxylic acids is 2. The third kappa shape index (κ3) is 6.34. The van der Waals surface area contributed by atoms with Gasteiger partial charge in [-0.3, -0.25) is 4.79 Å². The van der Waals surface area contributed by atoms with Crippen molar-refractivity contribution >= 4 is 11.9 Å². The molecule has 0 aliphatic heterocycles. The molecule has 1 aliphatic rings. The van der Waals surface area contributed by atoms with E-state index in [-0.39, 0.29) is 29.2 Å². The van der Waals surface area contributed by atoms with E-state index in [1.54, 1.807) is 13.1 Å². The Kier molecular flexibility index (Phi) is 7.80. The third-order valence-electron chi connectivity index (χ3n) is 7.29. The number of ether oxygens (including phenoxy) is 2. The van der Waals surface area contributed by atoms with E-state index in [0.717, 1.165) is 26.2 Å². The summed E-state index contributed by atoms with van der Waals surface area (Å²) in [6.45, 7) is 14.3. The predicted octanol–water partition coefficient (Wildman–Crippen LogP) is 4.77. The van der Waals surface area contributed by atoms with E-state index >= 15 is 0 Å². The van der Waals surface area contributed by atoms with Crippen LogP contribution in [-0.2, 0) is 19.1 Å². The maximum Gasteiger partial charge on any atom is 0.334 e. The Morgan fingerprint density at radius 2 is 1.94 bits per heavy atom. The van der Waals surface area contributed by atoms with Gasteiger partial charge in [0.1, 0.15) is 6.10 Å². The maximum atomic E-state index is 13.1. The molecule has 32 heavy (non-hydrogen) atoms. The van der Waals surface area contributed by atoms with Crippen molar-refractivity contribution in [2.45, 2.75) is 124 Å². The number of carbonyl (C=O) groups is 2. The standard InChI is InChI=1S/C26H48N2O4/c1-12-14-25(9,24(7,8)13-2)32-21-16-19(23(30)31-18(5)6)15-20(27-11)26(21,10)28-22(29)17(3)4/h16-18,20-21,27H,12-15H2,1-11H3,(H,28,29)/t20-,21+,25?,26+/m0/s1/i5D3,18D/t18?,20-,21+,25?,26+. The highest BCUT2D eigenvalue weighted by Crippen LogP contribution is 2.44. The lowest BCUT2D eigenvalue weighted by atomic mass is 9.70. The molecule has 0 heterocycles. The molecular weight excluding hydrogens is 404 g/mol. The van der Waals surface area contributed by atoms with Crippen molar-refractivity contribution in [1.29, 1.82) is 0 Å². The molecule has 6 heteroatoms. The zero-order valence-corrected chi connectivity index (χ0v) is 21.8. The van der Waals surface area contributed by atoms with Gasteiger partial charge in [0, 0.05) is 21.6 Å². The largest absolute Gasteiger partial charge is 0.460 e. The topological polar surface area (TPSA) is 76.7 Å². The fourth-order valence-electron chi connectivity index (χ4n) is 4.22. The third-order valence-corrected chi connectivity index (χ3v) is 7.29. The molecule has 6 nitrogen and oxygen atoms in total. The van der Waals surface area contributed by atoms with E-state index in [1.165, 1.54) is 0 Å². The lowest BCUT2D eigenvalue weighted by Crippen LogP contribution is -2.69. The van der Waals surface area contributed by atoms with Crippen molar-refractivity contribution in [2.24, 2.45) is 11.3 Å². The predicted molar refractivity (Wildman–Crippen MR) is 130 cm³/mol. The van der Waals surface area contributed by atoms with Crippen molar-refractivity contribution in [3.8, 4) is 0 Å². The minimum atomic E-state index is -2.80. The quantitative estimate of drug-likeness (QED) is 0.438. The zero-order chi connectivity index (χ0) is 28.3. The Bertz CT molecular complexity index is 825. The Morgan fingerprint density at radius 1 is 1.31 bits per heavy atom. The lowest BCUT2D eigenvalue weighted by molar-refractivity contribution is -0.169. The van der Waals surface area contributed by atoms with Crippen LogP contribution in [0.25, 0.3) is 0 Å². The Labute approximate surface area is 201 Å². The van der Waals surface area contributed by atoms with E-state index < -0.39 is 42.2 Å². The van der Waals surface area contributed by atoms with Crippen LogP contribution in [-0.4, -0.2) is 48.3 Å². The van der Waals surface area contributed by atoms with Crippen LogP contribution in [0.4, 0.5) is 0 Å². The second kappa shape index (κ2) is 11.1. The fraction of sp³-hybridized carbons (Fsp3) is 0.846. The first kappa shape index (κ1) is 22.4. The summed E-state index contributed by atoms with van der Waals surface area (Å²) < 4.78 is 42.8. The molecule has 1 amide bonds. The molecule has 186 valence electrons. The van der Waals surface area contributed by atoms with Crippen LogP contribution in [0.3, 0.4) is 0 Å². The number of hydrogen-bond acceptors (Lipinski definition) is 5. The molecule has 5 atom stereocenters. The van der Waals surface area contributed by atoms with Gasteiger partial charge < -0.3 is 20.1 Å². The number of esters is 1. The molecule has 0 aromatic heterocycles. The Morgan fingerprint density at radius 3 is 2.41 bits per heavy atom. The van der Waals surface area contributed by atoms with Gasteiger partial charge in [0.15, 0.2) is 0 Å². The highest BCUT2D eigenvalue weighted by atomic mass is 16.5. The Balaban J connectivity index is 3.64. The fourth-order valence-corrected chi connectivity index (χ4v) is 4.22. The van der Waals surface area contributed by atoms with Crippen molar-refractivity contribution in [3.05, 3.63) is 11.6 Å². The molecular formula is C26H48N2O4. The van der Waals surface area contributed by atoms with Gasteiger partial charge in [0.2, 0.25) is 5.91 Å². The average molecular weight is 457 g/mol. The second-order valence-corrected chi connectivity index (χ2v) is 10.4. The van der Waals surface area contributed by atoms with Gasteiger partial charge in [0.25, 0.3) is 0 Å². The van der Waals surface area contributed by atoms with Crippen molar-refractivity contribution < 1.29 is 24.5 Å². The summed E-state index contributed by atoms with van der Waals surface area (Å²) in [5, 5.41) is 6.38. The molecule has 0 bridgehead atoms. The average Bonchev–Trinajstić information content (AvgIpc) is 2.73. The molecule has 2 N–H and O–H groups in total. The normalized spacial score (nSPS) is 30.0. The highest BCUT2D eigenvalue weighted by Gasteiger charge is 2.51. The number of amides is 1. The summed E-state index contributed by atoms with van der Waals surface area (Å²) in [7, 11) is 1.74. The van der Waals surface area contributed by atoms with Crippen LogP contribution in [0.2, 0.25) is 0 Å². The molecule has 0 saturated heterocycles. The molecule has 0 aromatic carbocycles. The SMILES string of the molecule is [2H]C([2H])([2H])C([2H])(C)OC(=O)C1=C[C@@H](OC(C)(CCC)C(C)(C)CC)[C@](C)(NC(=O)C(C)C)[C@@H](NC)C1. The monoisotopic (exact) mass is 456 g/mol. The van der Waals surface area contributed by atoms with E-state index in [0.29, 0.717) is 0 Å². The van der Waals surface area contributed by atoms with Gasteiger partial charge in [-0.15, -0.1) is 0 Å². The summed E-state index contributed by atoms with van der Waals surface area (Å²) in [5.74, 6) is -1.27. The molecule has 0 fully saturated rings. The first-order chi connectivity index (χ1) is 16.2. The molecule has 1 aliphatic carbocycles. The zero-order valence-electron chi connectivity index (χ0n) is 25.8. The molecule has 0 aromatic rings. The Hall–Kier alpha value is -1.40. The minimum Gasteiger partial charge on any atom is -0.460 e. The van der Waals surface area contributed by atoms with Gasteiger partial charge in [-0.2, -0.15) is 0 Å². The summed E-state index contributed by atoms with van der Waals surface area (Å²) in [4.78, 5) is 26.0. The number of rotatable bonds is 11. The molecule has 2 unspecified atom stereocenters. The van der Waals surface area contributed by atoms with Crippen LogP contribution in [0.1, 0.15) is 100 Å². The van der Waals surface area contributed by atoms with Crippen molar-refractivity contribution in [3.63, 3.8) is 0 Å². The molecule has 0 saturated carbocycles. The van der Waals surface area contributed by atoms with Gasteiger partial charge in [0.05, 0.1) is 18.6 Å². The highest BCUT2D eigenvalue weighted by molar-refractivity contribution is 5.89. The van der Waals surface area contributed by atoms with Crippen molar-refractivity contribution in [1.82, 2.24) is 10.6 Å². The molecule has 0 radical (unpaired) electrons. The molecule has 1 rings (SSSR count). The van der Waals surface area contributed by atoms with Crippen LogP contribution < -0.4 is 10.6 Å². The summed E-state index contributed by atoms with van der Waals surface area (Å²) in [6.07, 6.45) is 1.20. The van der Waals surface area contributed by atoms with E-state index in [9.17, 15) is 9.59 Å².